The zero-order valence-electron chi connectivity index (χ0n) is 19.0. The lowest BCUT2D eigenvalue weighted by Gasteiger charge is -2.64. The van der Waals surface area contributed by atoms with Crippen LogP contribution < -0.4 is 5.32 Å². The Labute approximate surface area is 195 Å². The minimum Gasteiger partial charge on any atom is -0.326 e. The third kappa shape index (κ3) is 3.86. The van der Waals surface area contributed by atoms with Crippen LogP contribution in [0.1, 0.15) is 51.4 Å². The summed E-state index contributed by atoms with van der Waals surface area (Å²) in [4.78, 5) is 14.7. The van der Waals surface area contributed by atoms with Gasteiger partial charge in [0.2, 0.25) is 15.9 Å². The molecule has 1 heterocycles. The number of hydrogen-bond acceptors (Lipinski definition) is 5. The standard InChI is InChI=1S/C24H31FN4O3S/c1-28(33(31,32)21-6-4-19(25)5-7-21)24-12-17-9-18(13-24)11-23(10-17,16-24)27-15-22(30)29-8-2-3-20(29)14-26/h4-7,17-18,20,27H,2-3,8-13,15-16H2,1H3. The Morgan fingerprint density at radius 2 is 1.91 bits per heavy atom. The van der Waals surface area contributed by atoms with E-state index in [2.05, 4.69) is 11.4 Å². The minimum atomic E-state index is -3.77. The van der Waals surface area contributed by atoms with Crippen molar-refractivity contribution in [3.63, 3.8) is 0 Å². The number of carbonyl (C=O) groups excluding carboxylic acids is 1. The second-order valence-corrected chi connectivity index (χ2v) is 12.6. The Morgan fingerprint density at radius 3 is 2.55 bits per heavy atom. The minimum absolute atomic E-state index is 0.0452. The highest BCUT2D eigenvalue weighted by atomic mass is 32.2. The highest BCUT2D eigenvalue weighted by Crippen LogP contribution is 2.60. The first kappa shape index (κ1) is 22.8. The molecule has 6 rings (SSSR count). The number of sulfonamides is 1. The fourth-order valence-corrected chi connectivity index (χ4v) is 8.89. The van der Waals surface area contributed by atoms with Gasteiger partial charge in [0, 0.05) is 24.7 Å². The maximum atomic E-state index is 13.5. The van der Waals surface area contributed by atoms with Crippen molar-refractivity contribution >= 4 is 15.9 Å². The van der Waals surface area contributed by atoms with Crippen molar-refractivity contribution in [2.24, 2.45) is 11.8 Å². The first-order valence-corrected chi connectivity index (χ1v) is 13.3. The predicted octanol–water partition coefficient (Wildman–Crippen LogP) is 2.64. The summed E-state index contributed by atoms with van der Waals surface area (Å²) in [6.07, 6.45) is 6.89. The molecular weight excluding hydrogens is 443 g/mol. The van der Waals surface area contributed by atoms with Crippen LogP contribution in [0.25, 0.3) is 0 Å². The van der Waals surface area contributed by atoms with Gasteiger partial charge in [0.1, 0.15) is 11.9 Å². The van der Waals surface area contributed by atoms with E-state index < -0.39 is 21.4 Å². The highest BCUT2D eigenvalue weighted by Gasteiger charge is 2.60. The van der Waals surface area contributed by atoms with Crippen LogP contribution in [0.3, 0.4) is 0 Å². The van der Waals surface area contributed by atoms with Crippen molar-refractivity contribution in [2.45, 2.75) is 73.4 Å². The highest BCUT2D eigenvalue weighted by molar-refractivity contribution is 7.89. The molecule has 4 saturated carbocycles. The summed E-state index contributed by atoms with van der Waals surface area (Å²) in [5.41, 5.74) is -0.773. The first-order chi connectivity index (χ1) is 15.7. The number of halogens is 1. The molecule has 7 nitrogen and oxygen atoms in total. The van der Waals surface area contributed by atoms with E-state index in [4.69, 9.17) is 0 Å². The summed E-state index contributed by atoms with van der Waals surface area (Å²) < 4.78 is 41.8. The van der Waals surface area contributed by atoms with Gasteiger partial charge in [-0.3, -0.25) is 4.79 Å². The second-order valence-electron chi connectivity index (χ2n) is 10.6. The van der Waals surface area contributed by atoms with Gasteiger partial charge in [-0.2, -0.15) is 9.57 Å². The molecule has 4 bridgehead atoms. The molecule has 5 aliphatic rings. The van der Waals surface area contributed by atoms with Crippen LogP contribution >= 0.6 is 0 Å². The largest absolute Gasteiger partial charge is 0.326 e. The zero-order valence-corrected chi connectivity index (χ0v) is 19.8. The molecule has 9 heteroatoms. The smallest absolute Gasteiger partial charge is 0.243 e. The monoisotopic (exact) mass is 474 g/mol. The molecule has 178 valence electrons. The van der Waals surface area contributed by atoms with Gasteiger partial charge in [0.15, 0.2) is 0 Å². The fraction of sp³-hybridized carbons (Fsp3) is 0.667. The van der Waals surface area contributed by atoms with E-state index in [1.165, 1.54) is 28.6 Å². The Kier molecular flexibility index (Phi) is 5.54. The van der Waals surface area contributed by atoms with E-state index in [0.29, 0.717) is 24.8 Å². The van der Waals surface area contributed by atoms with Gasteiger partial charge >= 0.3 is 0 Å². The van der Waals surface area contributed by atoms with Gasteiger partial charge in [0.25, 0.3) is 0 Å². The molecule has 0 spiro atoms. The Hall–Kier alpha value is -2.02. The number of rotatable bonds is 6. The third-order valence-corrected chi connectivity index (χ3v) is 10.5. The lowest BCUT2D eigenvalue weighted by Crippen LogP contribution is -2.69. The molecular formula is C24H31FN4O3S. The lowest BCUT2D eigenvalue weighted by atomic mass is 9.50. The molecule has 1 aliphatic heterocycles. The lowest BCUT2D eigenvalue weighted by molar-refractivity contribution is -0.132. The topological polar surface area (TPSA) is 93.5 Å². The second kappa shape index (κ2) is 8.03. The van der Waals surface area contributed by atoms with Gasteiger partial charge in [-0.15, -0.1) is 0 Å². The fourth-order valence-electron chi connectivity index (χ4n) is 7.37. The molecule has 33 heavy (non-hydrogen) atoms. The van der Waals surface area contributed by atoms with E-state index in [0.717, 1.165) is 44.9 Å². The van der Waals surface area contributed by atoms with Crippen molar-refractivity contribution < 1.29 is 17.6 Å². The summed E-state index contributed by atoms with van der Waals surface area (Å²) in [7, 11) is -2.11. The summed E-state index contributed by atoms with van der Waals surface area (Å²) in [5, 5.41) is 12.9. The number of nitrogens with zero attached hydrogens (tertiary/aromatic N) is 3. The third-order valence-electron chi connectivity index (χ3n) is 8.51. The molecule has 1 aromatic rings. The molecule has 1 saturated heterocycles. The van der Waals surface area contributed by atoms with Gasteiger partial charge < -0.3 is 10.2 Å². The molecule has 4 aliphatic carbocycles. The number of amides is 1. The van der Waals surface area contributed by atoms with Crippen molar-refractivity contribution in [2.75, 3.05) is 20.1 Å². The average molecular weight is 475 g/mol. The summed E-state index contributed by atoms with van der Waals surface area (Å²) in [6, 6.07) is 6.91. The van der Waals surface area contributed by atoms with Crippen LogP contribution in [-0.2, 0) is 14.8 Å². The maximum absolute atomic E-state index is 13.5. The van der Waals surface area contributed by atoms with Crippen LogP contribution in [0.4, 0.5) is 4.39 Å². The van der Waals surface area contributed by atoms with E-state index in [9.17, 15) is 22.9 Å². The van der Waals surface area contributed by atoms with Crippen molar-refractivity contribution in [1.29, 1.82) is 5.26 Å². The van der Waals surface area contributed by atoms with E-state index in [1.807, 2.05) is 0 Å². The van der Waals surface area contributed by atoms with Gasteiger partial charge in [-0.1, -0.05) is 0 Å². The molecule has 3 unspecified atom stereocenters. The van der Waals surface area contributed by atoms with Crippen LogP contribution in [0.15, 0.2) is 29.2 Å². The SMILES string of the molecule is CN(C12CC3CC(CC(NCC(=O)N4CCCC4C#N)(C3)C1)C2)S(=O)(=O)c1ccc(F)cc1. The number of carbonyl (C=O) groups is 1. The van der Waals surface area contributed by atoms with Crippen molar-refractivity contribution in [3.8, 4) is 6.07 Å². The quantitative estimate of drug-likeness (QED) is 0.684. The molecule has 1 amide bonds. The molecule has 1 N–H and O–H groups in total. The summed E-state index contributed by atoms with van der Waals surface area (Å²) in [5.74, 6) is 0.323. The van der Waals surface area contributed by atoms with Crippen molar-refractivity contribution in [1.82, 2.24) is 14.5 Å². The van der Waals surface area contributed by atoms with Gasteiger partial charge in [0.05, 0.1) is 17.5 Å². The van der Waals surface area contributed by atoms with Gasteiger partial charge in [-0.25, -0.2) is 12.8 Å². The van der Waals surface area contributed by atoms with Crippen LogP contribution in [-0.4, -0.2) is 60.8 Å². The molecule has 0 radical (unpaired) electrons. The molecule has 0 aromatic heterocycles. The van der Waals surface area contributed by atoms with Crippen molar-refractivity contribution in [3.05, 3.63) is 30.1 Å². The Balaban J connectivity index is 1.36. The molecule has 1 aromatic carbocycles. The normalized spacial score (nSPS) is 35.2. The average Bonchev–Trinajstić information content (AvgIpc) is 3.25. The van der Waals surface area contributed by atoms with Gasteiger partial charge in [-0.05, 0) is 87.5 Å². The van der Waals surface area contributed by atoms with Crippen LogP contribution in [0.2, 0.25) is 0 Å². The Bertz CT molecular complexity index is 1070. The number of hydrogen-bond donors (Lipinski definition) is 1. The van der Waals surface area contributed by atoms with Crippen LogP contribution in [0.5, 0.6) is 0 Å². The van der Waals surface area contributed by atoms with E-state index in [-0.39, 0.29) is 28.9 Å². The zero-order chi connectivity index (χ0) is 23.4. The summed E-state index contributed by atoms with van der Waals surface area (Å²) in [6.45, 7) is 0.807. The number of likely N-dealkylation sites (tertiary alicyclic amines) is 1. The predicted molar refractivity (Wildman–Crippen MR) is 120 cm³/mol. The number of nitrogens with one attached hydrogen (secondary N) is 1. The van der Waals surface area contributed by atoms with E-state index in [1.54, 1.807) is 11.9 Å². The maximum Gasteiger partial charge on any atom is 0.243 e. The van der Waals surface area contributed by atoms with Crippen LogP contribution in [0, 0.1) is 29.0 Å². The van der Waals surface area contributed by atoms with E-state index >= 15 is 0 Å². The summed E-state index contributed by atoms with van der Waals surface area (Å²) >= 11 is 0. The number of benzene rings is 1. The molecule has 3 atom stereocenters. The Morgan fingerprint density at radius 1 is 1.24 bits per heavy atom. The number of nitriles is 1. The first-order valence-electron chi connectivity index (χ1n) is 11.9. The molecule has 5 fully saturated rings.